The summed E-state index contributed by atoms with van der Waals surface area (Å²) >= 11 is 0. The van der Waals surface area contributed by atoms with Gasteiger partial charge in [0.05, 0.1) is 34.4 Å². The lowest BCUT2D eigenvalue weighted by molar-refractivity contribution is -0.945. The molecule has 28 heavy (non-hydrogen) atoms. The van der Waals surface area contributed by atoms with Gasteiger partial charge in [0, 0.05) is 24.3 Å². The summed E-state index contributed by atoms with van der Waals surface area (Å²) in [5.74, 6) is 2.55. The minimum atomic E-state index is 0.221. The van der Waals surface area contributed by atoms with Gasteiger partial charge in [0.15, 0.2) is 11.5 Å². The molecular weight excluding hydrogens is 350 g/mol. The Kier molecular flexibility index (Phi) is 5.24. The fourth-order valence-corrected chi connectivity index (χ4v) is 5.02. The van der Waals surface area contributed by atoms with E-state index in [-0.39, 0.29) is 5.75 Å². The van der Waals surface area contributed by atoms with Crippen LogP contribution >= 0.6 is 0 Å². The quantitative estimate of drug-likeness (QED) is 0.748. The van der Waals surface area contributed by atoms with E-state index in [0.29, 0.717) is 11.8 Å². The topological polar surface area (TPSA) is 38.7 Å². The van der Waals surface area contributed by atoms with Crippen LogP contribution in [0.1, 0.15) is 42.0 Å². The molecule has 150 valence electrons. The van der Waals surface area contributed by atoms with Crippen molar-refractivity contribution >= 4 is 0 Å². The zero-order valence-electron chi connectivity index (χ0n) is 17.3. The van der Waals surface area contributed by atoms with E-state index in [1.807, 2.05) is 12.1 Å². The van der Waals surface area contributed by atoms with Crippen molar-refractivity contribution in [3.05, 3.63) is 53.1 Å². The van der Waals surface area contributed by atoms with Crippen molar-refractivity contribution in [2.75, 3.05) is 34.4 Å². The lowest BCUT2D eigenvalue weighted by Gasteiger charge is -2.48. The molecule has 2 aromatic rings. The van der Waals surface area contributed by atoms with E-state index < -0.39 is 0 Å². The molecule has 1 fully saturated rings. The molecule has 2 aromatic carbocycles. The van der Waals surface area contributed by atoms with Crippen LogP contribution in [0, 0.1) is 5.92 Å². The molecule has 4 heteroatoms. The number of benzene rings is 2. The van der Waals surface area contributed by atoms with Gasteiger partial charge in [-0.2, -0.15) is 0 Å². The average molecular weight is 383 g/mol. The second kappa shape index (κ2) is 7.67. The van der Waals surface area contributed by atoms with E-state index in [4.69, 9.17) is 9.47 Å². The number of nitrogens with zero attached hydrogens (tertiary/aromatic N) is 1. The van der Waals surface area contributed by atoms with Crippen molar-refractivity contribution in [2.24, 2.45) is 5.92 Å². The number of likely N-dealkylation sites (N-methyl/N-ethyl adjacent to an activating group) is 1. The minimum absolute atomic E-state index is 0.221. The Morgan fingerprint density at radius 2 is 1.89 bits per heavy atom. The van der Waals surface area contributed by atoms with Crippen molar-refractivity contribution in [1.82, 2.24) is 0 Å². The van der Waals surface area contributed by atoms with Crippen LogP contribution in [0.3, 0.4) is 0 Å². The summed E-state index contributed by atoms with van der Waals surface area (Å²) < 4.78 is 11.8. The third-order valence-electron chi connectivity index (χ3n) is 6.93. The number of methoxy groups -OCH3 is 2. The van der Waals surface area contributed by atoms with Gasteiger partial charge >= 0.3 is 0 Å². The predicted molar refractivity (Wildman–Crippen MR) is 111 cm³/mol. The highest BCUT2D eigenvalue weighted by Gasteiger charge is 2.41. The number of phenolic OH excluding ortho intramolecular Hbond substituents is 1. The summed E-state index contributed by atoms with van der Waals surface area (Å²) in [6, 6.07) is 12.8. The molecule has 0 spiro atoms. The number of hydrogen-bond acceptors (Lipinski definition) is 3. The van der Waals surface area contributed by atoms with Gasteiger partial charge in [-0.15, -0.1) is 0 Å². The van der Waals surface area contributed by atoms with E-state index in [9.17, 15) is 5.11 Å². The number of ether oxygens (including phenoxy) is 2. The van der Waals surface area contributed by atoms with Gasteiger partial charge in [0.2, 0.25) is 0 Å². The molecule has 2 aliphatic rings. The smallest absolute Gasteiger partial charge is 0.160 e. The first-order valence-corrected chi connectivity index (χ1v) is 10.4. The fourth-order valence-electron chi connectivity index (χ4n) is 5.02. The molecule has 2 atom stereocenters. The number of aromatic hydroxyl groups is 1. The van der Waals surface area contributed by atoms with Gasteiger partial charge in [-0.25, -0.2) is 0 Å². The summed E-state index contributed by atoms with van der Waals surface area (Å²) in [5.41, 5.74) is 4.00. The van der Waals surface area contributed by atoms with Gasteiger partial charge in [0.25, 0.3) is 0 Å². The van der Waals surface area contributed by atoms with Crippen LogP contribution in [0.2, 0.25) is 0 Å². The maximum Gasteiger partial charge on any atom is 0.160 e. The van der Waals surface area contributed by atoms with Gasteiger partial charge in [-0.3, -0.25) is 0 Å². The molecule has 0 aromatic heterocycles. The molecule has 0 radical (unpaired) electrons. The Bertz CT molecular complexity index is 846. The predicted octanol–water partition coefficient (Wildman–Crippen LogP) is 4.50. The second-order valence-electron chi connectivity index (χ2n) is 8.72. The molecule has 1 N–H and O–H groups in total. The fraction of sp³-hybridized carbons (Fsp3) is 0.500. The van der Waals surface area contributed by atoms with Crippen LogP contribution in [0.4, 0.5) is 0 Å². The summed E-state index contributed by atoms with van der Waals surface area (Å²) in [6.07, 6.45) is 6.15. The standard InChI is InChI=1S/C24H31NO3/c1-25(16-17-5-4-6-17)12-11-19-15-20(27-2)8-9-21(19)22(25)13-18-7-10-24(28-3)23(26)14-18/h7-10,14-15,17,22H,4-6,11-13,16H2,1-3H3/p+1/t22-,25+/m0/s1. The van der Waals surface area contributed by atoms with Crippen molar-refractivity contribution in [3.63, 3.8) is 0 Å². The van der Waals surface area contributed by atoms with Crippen LogP contribution in [0.5, 0.6) is 17.2 Å². The molecule has 1 heterocycles. The largest absolute Gasteiger partial charge is 0.504 e. The van der Waals surface area contributed by atoms with Crippen molar-refractivity contribution in [1.29, 1.82) is 0 Å². The highest BCUT2D eigenvalue weighted by Crippen LogP contribution is 2.42. The SMILES string of the molecule is COc1ccc2c(c1)CC[N@+](C)(CC1CCC1)[C@H]2Cc1ccc(OC)c(O)c1. The maximum atomic E-state index is 10.3. The Balaban J connectivity index is 1.68. The van der Waals surface area contributed by atoms with Gasteiger partial charge in [-0.05, 0) is 54.3 Å². The summed E-state index contributed by atoms with van der Waals surface area (Å²) in [4.78, 5) is 0. The monoisotopic (exact) mass is 382 g/mol. The highest BCUT2D eigenvalue weighted by molar-refractivity contribution is 5.43. The molecule has 1 saturated carbocycles. The van der Waals surface area contributed by atoms with E-state index >= 15 is 0 Å². The highest BCUT2D eigenvalue weighted by atomic mass is 16.5. The Morgan fingerprint density at radius 1 is 1.07 bits per heavy atom. The first-order chi connectivity index (χ1) is 13.5. The number of phenols is 1. The van der Waals surface area contributed by atoms with Gasteiger partial charge in [0.1, 0.15) is 11.8 Å². The minimum Gasteiger partial charge on any atom is -0.504 e. The third-order valence-corrected chi connectivity index (χ3v) is 6.93. The summed E-state index contributed by atoms with van der Waals surface area (Å²) in [7, 11) is 5.75. The zero-order valence-corrected chi connectivity index (χ0v) is 17.3. The lowest BCUT2D eigenvalue weighted by Crippen LogP contribution is -2.55. The number of hydrogen-bond donors (Lipinski definition) is 1. The van der Waals surface area contributed by atoms with Crippen LogP contribution in [-0.2, 0) is 12.8 Å². The lowest BCUT2D eigenvalue weighted by atomic mass is 9.81. The molecule has 1 aliphatic heterocycles. The second-order valence-corrected chi connectivity index (χ2v) is 8.72. The molecule has 0 bridgehead atoms. The first-order valence-electron chi connectivity index (χ1n) is 10.4. The number of fused-ring (bicyclic) bond motifs is 1. The first kappa shape index (κ1) is 19.1. The zero-order chi connectivity index (χ0) is 19.7. The summed E-state index contributed by atoms with van der Waals surface area (Å²) in [5, 5.41) is 10.3. The Labute approximate surface area is 168 Å². The summed E-state index contributed by atoms with van der Waals surface area (Å²) in [6.45, 7) is 2.40. The van der Waals surface area contributed by atoms with Crippen LogP contribution in [-0.4, -0.2) is 43.9 Å². The molecule has 4 nitrogen and oxygen atoms in total. The molecule has 4 rings (SSSR count). The third kappa shape index (κ3) is 3.58. The molecule has 1 aliphatic carbocycles. The normalized spacial score (nSPS) is 24.3. The van der Waals surface area contributed by atoms with E-state index in [1.165, 1.54) is 36.9 Å². The Hall–Kier alpha value is -2.20. The van der Waals surface area contributed by atoms with E-state index in [1.54, 1.807) is 14.2 Å². The number of quaternary nitrogens is 1. The van der Waals surface area contributed by atoms with E-state index in [2.05, 4.69) is 31.3 Å². The van der Waals surface area contributed by atoms with E-state index in [0.717, 1.165) is 41.1 Å². The van der Waals surface area contributed by atoms with Crippen LogP contribution in [0.15, 0.2) is 36.4 Å². The molecule has 0 saturated heterocycles. The van der Waals surface area contributed by atoms with Gasteiger partial charge < -0.3 is 19.1 Å². The Morgan fingerprint density at radius 3 is 2.54 bits per heavy atom. The molecule has 0 unspecified atom stereocenters. The number of rotatable bonds is 6. The molecule has 0 amide bonds. The van der Waals surface area contributed by atoms with Gasteiger partial charge in [-0.1, -0.05) is 12.5 Å². The van der Waals surface area contributed by atoms with Crippen molar-refractivity contribution in [3.8, 4) is 17.2 Å². The van der Waals surface area contributed by atoms with Crippen molar-refractivity contribution < 1.29 is 19.1 Å². The van der Waals surface area contributed by atoms with Crippen LogP contribution in [0.25, 0.3) is 0 Å². The molecular formula is C24H32NO3+. The average Bonchev–Trinajstić information content (AvgIpc) is 2.67. The van der Waals surface area contributed by atoms with Crippen LogP contribution < -0.4 is 9.47 Å². The van der Waals surface area contributed by atoms with Crippen molar-refractivity contribution in [2.45, 2.75) is 38.1 Å². The maximum absolute atomic E-state index is 10.3.